The van der Waals surface area contributed by atoms with Crippen molar-refractivity contribution >= 4 is 5.82 Å². The highest BCUT2D eigenvalue weighted by molar-refractivity contribution is 5.47. The summed E-state index contributed by atoms with van der Waals surface area (Å²) in [6, 6.07) is 6.03. The molecule has 94 valence electrons. The van der Waals surface area contributed by atoms with E-state index in [2.05, 4.69) is 23.0 Å². The van der Waals surface area contributed by atoms with Crippen molar-refractivity contribution in [2.75, 3.05) is 5.73 Å². The molecule has 1 aromatic heterocycles. The van der Waals surface area contributed by atoms with Crippen molar-refractivity contribution in [3.05, 3.63) is 41.2 Å². The van der Waals surface area contributed by atoms with Gasteiger partial charge in [-0.05, 0) is 31.9 Å². The Morgan fingerprint density at radius 2 is 2.00 bits per heavy atom. The number of nitrogens with zero attached hydrogens (tertiary/aromatic N) is 2. The number of aromatic nitrogens is 2. The molecule has 4 nitrogen and oxygen atoms in total. The van der Waals surface area contributed by atoms with E-state index in [1.165, 1.54) is 11.9 Å². The lowest BCUT2D eigenvalue weighted by Gasteiger charge is -2.12. The molecular formula is C14H17N3O. The Morgan fingerprint density at radius 1 is 1.22 bits per heavy atom. The molecule has 0 atom stereocenters. The minimum Gasteiger partial charge on any atom is -0.438 e. The third-order valence-electron chi connectivity index (χ3n) is 2.83. The molecular weight excluding hydrogens is 226 g/mol. The van der Waals surface area contributed by atoms with Crippen LogP contribution in [0.4, 0.5) is 5.82 Å². The maximum Gasteiger partial charge on any atom is 0.227 e. The number of benzene rings is 1. The molecule has 0 aliphatic heterocycles. The maximum atomic E-state index is 5.84. The Hall–Kier alpha value is -2.10. The number of nitrogen functional groups attached to an aromatic ring is 1. The second-order valence-corrected chi connectivity index (χ2v) is 4.27. The molecule has 2 N–H and O–H groups in total. The van der Waals surface area contributed by atoms with Gasteiger partial charge in [-0.3, -0.25) is 0 Å². The van der Waals surface area contributed by atoms with Gasteiger partial charge in [0.2, 0.25) is 5.88 Å². The van der Waals surface area contributed by atoms with E-state index in [0.717, 1.165) is 23.3 Å². The van der Waals surface area contributed by atoms with E-state index in [9.17, 15) is 0 Å². The first-order valence-corrected chi connectivity index (χ1v) is 5.96. The van der Waals surface area contributed by atoms with E-state index in [0.29, 0.717) is 11.7 Å². The van der Waals surface area contributed by atoms with Crippen LogP contribution in [0.3, 0.4) is 0 Å². The van der Waals surface area contributed by atoms with Gasteiger partial charge in [0.25, 0.3) is 0 Å². The van der Waals surface area contributed by atoms with Gasteiger partial charge in [-0.2, -0.15) is 0 Å². The minimum absolute atomic E-state index is 0.479. The van der Waals surface area contributed by atoms with Crippen LogP contribution < -0.4 is 10.5 Å². The van der Waals surface area contributed by atoms with Gasteiger partial charge in [0.1, 0.15) is 17.9 Å². The Morgan fingerprint density at radius 3 is 2.67 bits per heavy atom. The predicted molar refractivity (Wildman–Crippen MR) is 71.8 cm³/mol. The molecule has 2 aromatic rings. The van der Waals surface area contributed by atoms with E-state index in [1.54, 1.807) is 0 Å². The Labute approximate surface area is 107 Å². The summed E-state index contributed by atoms with van der Waals surface area (Å²) in [4.78, 5) is 8.13. The second kappa shape index (κ2) is 5.04. The van der Waals surface area contributed by atoms with Gasteiger partial charge in [0, 0.05) is 0 Å². The van der Waals surface area contributed by atoms with Gasteiger partial charge >= 0.3 is 0 Å². The first-order chi connectivity index (χ1) is 8.61. The van der Waals surface area contributed by atoms with Crippen LogP contribution in [-0.4, -0.2) is 9.97 Å². The third-order valence-corrected chi connectivity index (χ3v) is 2.83. The fourth-order valence-electron chi connectivity index (χ4n) is 1.85. The maximum absolute atomic E-state index is 5.84. The molecule has 0 unspecified atom stereocenters. The van der Waals surface area contributed by atoms with Gasteiger partial charge < -0.3 is 10.5 Å². The van der Waals surface area contributed by atoms with Gasteiger partial charge in [0.15, 0.2) is 0 Å². The number of anilines is 1. The number of nitrogens with two attached hydrogens (primary N) is 1. The number of hydrogen-bond acceptors (Lipinski definition) is 4. The van der Waals surface area contributed by atoms with Gasteiger partial charge in [-0.1, -0.05) is 24.6 Å². The van der Waals surface area contributed by atoms with E-state index in [4.69, 9.17) is 10.5 Å². The largest absolute Gasteiger partial charge is 0.438 e. The SMILES string of the molecule is CCc1c(N)ncnc1Oc1ccc(C)cc1C. The molecule has 0 saturated heterocycles. The van der Waals surface area contributed by atoms with Crippen molar-refractivity contribution < 1.29 is 4.74 Å². The molecule has 2 rings (SSSR count). The first-order valence-electron chi connectivity index (χ1n) is 5.96. The minimum atomic E-state index is 0.479. The summed E-state index contributed by atoms with van der Waals surface area (Å²) in [6.45, 7) is 6.07. The van der Waals surface area contributed by atoms with Gasteiger partial charge in [-0.25, -0.2) is 9.97 Å². The quantitative estimate of drug-likeness (QED) is 0.900. The lowest BCUT2D eigenvalue weighted by atomic mass is 10.1. The van der Waals surface area contributed by atoms with Crippen LogP contribution in [0.25, 0.3) is 0 Å². The zero-order valence-electron chi connectivity index (χ0n) is 10.9. The molecule has 4 heteroatoms. The van der Waals surface area contributed by atoms with E-state index in [-0.39, 0.29) is 0 Å². The van der Waals surface area contributed by atoms with Gasteiger partial charge in [-0.15, -0.1) is 0 Å². The molecule has 0 amide bonds. The molecule has 1 heterocycles. The summed E-state index contributed by atoms with van der Waals surface area (Å²) in [7, 11) is 0. The van der Waals surface area contributed by atoms with Crippen LogP contribution in [0.1, 0.15) is 23.6 Å². The lowest BCUT2D eigenvalue weighted by Crippen LogP contribution is -2.02. The molecule has 0 aliphatic carbocycles. The average molecular weight is 243 g/mol. The van der Waals surface area contributed by atoms with Crippen LogP contribution in [0.2, 0.25) is 0 Å². The number of hydrogen-bond donors (Lipinski definition) is 1. The summed E-state index contributed by atoms with van der Waals surface area (Å²) in [5, 5.41) is 0. The van der Waals surface area contributed by atoms with Gasteiger partial charge in [0.05, 0.1) is 5.56 Å². The van der Waals surface area contributed by atoms with Crippen LogP contribution >= 0.6 is 0 Å². The molecule has 0 spiro atoms. The van der Waals surface area contributed by atoms with E-state index < -0.39 is 0 Å². The van der Waals surface area contributed by atoms with Crippen molar-refractivity contribution in [3.8, 4) is 11.6 Å². The molecule has 1 aromatic carbocycles. The highest BCUT2D eigenvalue weighted by Gasteiger charge is 2.10. The molecule has 0 fully saturated rings. The molecule has 0 radical (unpaired) electrons. The zero-order chi connectivity index (χ0) is 13.1. The average Bonchev–Trinajstić information content (AvgIpc) is 2.33. The first kappa shape index (κ1) is 12.4. The number of rotatable bonds is 3. The Kier molecular flexibility index (Phi) is 3.46. The summed E-state index contributed by atoms with van der Waals surface area (Å²) in [6.07, 6.45) is 2.17. The Balaban J connectivity index is 2.37. The molecule has 0 saturated carbocycles. The van der Waals surface area contributed by atoms with E-state index >= 15 is 0 Å². The highest BCUT2D eigenvalue weighted by atomic mass is 16.5. The second-order valence-electron chi connectivity index (χ2n) is 4.27. The fraction of sp³-hybridized carbons (Fsp3) is 0.286. The van der Waals surface area contributed by atoms with Crippen LogP contribution in [-0.2, 0) is 6.42 Å². The summed E-state index contributed by atoms with van der Waals surface area (Å²) in [5.41, 5.74) is 8.95. The fourth-order valence-corrected chi connectivity index (χ4v) is 1.85. The van der Waals surface area contributed by atoms with Crippen molar-refractivity contribution in [3.63, 3.8) is 0 Å². The lowest BCUT2D eigenvalue weighted by molar-refractivity contribution is 0.452. The van der Waals surface area contributed by atoms with Crippen LogP contribution in [0, 0.1) is 13.8 Å². The molecule has 0 bridgehead atoms. The normalized spacial score (nSPS) is 10.4. The standard InChI is InChI=1S/C14H17N3O/c1-4-11-13(15)16-8-17-14(11)18-12-6-5-9(2)7-10(12)3/h5-8H,4H2,1-3H3,(H2,15,16,17). The Bertz CT molecular complexity index is 567. The summed E-state index contributed by atoms with van der Waals surface area (Å²) in [5.74, 6) is 1.82. The monoisotopic (exact) mass is 243 g/mol. The number of aryl methyl sites for hydroxylation is 2. The van der Waals surface area contributed by atoms with Crippen LogP contribution in [0.5, 0.6) is 11.6 Å². The van der Waals surface area contributed by atoms with Crippen molar-refractivity contribution in [2.24, 2.45) is 0 Å². The third kappa shape index (κ3) is 2.42. The zero-order valence-corrected chi connectivity index (χ0v) is 10.9. The summed E-state index contributed by atoms with van der Waals surface area (Å²) >= 11 is 0. The summed E-state index contributed by atoms with van der Waals surface area (Å²) < 4.78 is 5.84. The topological polar surface area (TPSA) is 61.0 Å². The van der Waals surface area contributed by atoms with Crippen LogP contribution in [0.15, 0.2) is 24.5 Å². The van der Waals surface area contributed by atoms with Crippen molar-refractivity contribution in [1.29, 1.82) is 0 Å². The smallest absolute Gasteiger partial charge is 0.227 e. The van der Waals surface area contributed by atoms with Crippen molar-refractivity contribution in [1.82, 2.24) is 9.97 Å². The van der Waals surface area contributed by atoms with E-state index in [1.807, 2.05) is 26.0 Å². The van der Waals surface area contributed by atoms with Crippen molar-refractivity contribution in [2.45, 2.75) is 27.2 Å². The number of ether oxygens (including phenoxy) is 1. The predicted octanol–water partition coefficient (Wildman–Crippen LogP) is 3.03. The molecule has 0 aliphatic rings. The molecule has 18 heavy (non-hydrogen) atoms. The highest BCUT2D eigenvalue weighted by Crippen LogP contribution is 2.28.